The lowest BCUT2D eigenvalue weighted by Crippen LogP contribution is -2.29. The molecule has 142 valence electrons. The van der Waals surface area contributed by atoms with Gasteiger partial charge in [-0.1, -0.05) is 0 Å². The third-order valence-electron chi connectivity index (χ3n) is 4.49. The SMILES string of the molecule is COCCCN1C(=O)S/C(=C/c2cc(C)n(-c3cc(C)ccn3)c2C)C1=O. The van der Waals surface area contributed by atoms with E-state index in [0.29, 0.717) is 24.5 Å². The highest BCUT2D eigenvalue weighted by Crippen LogP contribution is 2.33. The second-order valence-corrected chi connectivity index (χ2v) is 7.53. The van der Waals surface area contributed by atoms with Crippen LogP contribution in [-0.2, 0) is 9.53 Å². The Morgan fingerprint density at radius 3 is 2.70 bits per heavy atom. The summed E-state index contributed by atoms with van der Waals surface area (Å²) in [5.74, 6) is 0.608. The Balaban J connectivity index is 1.89. The molecule has 0 atom stereocenters. The Labute approximate surface area is 163 Å². The lowest BCUT2D eigenvalue weighted by molar-refractivity contribution is -0.122. The van der Waals surface area contributed by atoms with Gasteiger partial charge in [0.05, 0.1) is 4.91 Å². The predicted octanol–water partition coefficient (Wildman–Crippen LogP) is 3.87. The van der Waals surface area contributed by atoms with Gasteiger partial charge in [-0.2, -0.15) is 0 Å². The van der Waals surface area contributed by atoms with Crippen LogP contribution < -0.4 is 0 Å². The Morgan fingerprint density at radius 2 is 2.00 bits per heavy atom. The maximum absolute atomic E-state index is 12.6. The largest absolute Gasteiger partial charge is 0.385 e. The standard InChI is InChI=1S/C20H23N3O3S/c1-13-6-7-21-18(10-13)23-14(2)11-16(15(23)3)12-17-19(24)22(20(25)27-17)8-5-9-26-4/h6-7,10-12H,5,8-9H2,1-4H3/b17-12+. The molecule has 0 N–H and O–H groups in total. The van der Waals surface area contributed by atoms with Crippen molar-refractivity contribution in [3.63, 3.8) is 0 Å². The molecule has 27 heavy (non-hydrogen) atoms. The fourth-order valence-corrected chi connectivity index (χ4v) is 3.99. The van der Waals surface area contributed by atoms with Crippen LogP contribution in [0.3, 0.4) is 0 Å². The highest BCUT2D eigenvalue weighted by molar-refractivity contribution is 8.18. The maximum atomic E-state index is 12.6. The average Bonchev–Trinajstić information content (AvgIpc) is 3.05. The summed E-state index contributed by atoms with van der Waals surface area (Å²) in [6.45, 7) is 6.92. The van der Waals surface area contributed by atoms with E-state index in [1.54, 1.807) is 19.4 Å². The number of carbonyl (C=O) groups excluding carboxylic acids is 2. The van der Waals surface area contributed by atoms with Gasteiger partial charge in [-0.15, -0.1) is 0 Å². The van der Waals surface area contributed by atoms with E-state index in [1.165, 1.54) is 4.90 Å². The highest BCUT2D eigenvalue weighted by Gasteiger charge is 2.34. The monoisotopic (exact) mass is 385 g/mol. The number of carbonyl (C=O) groups is 2. The number of hydrogen-bond acceptors (Lipinski definition) is 5. The molecule has 2 aromatic rings. The molecule has 0 spiro atoms. The van der Waals surface area contributed by atoms with Gasteiger partial charge >= 0.3 is 0 Å². The second-order valence-electron chi connectivity index (χ2n) is 6.53. The summed E-state index contributed by atoms with van der Waals surface area (Å²) < 4.78 is 7.05. The van der Waals surface area contributed by atoms with Gasteiger partial charge in [-0.05, 0) is 74.4 Å². The van der Waals surface area contributed by atoms with Crippen molar-refractivity contribution in [3.8, 4) is 5.82 Å². The van der Waals surface area contributed by atoms with Gasteiger partial charge < -0.3 is 9.30 Å². The minimum Gasteiger partial charge on any atom is -0.385 e. The van der Waals surface area contributed by atoms with E-state index in [1.807, 2.05) is 39.0 Å². The summed E-state index contributed by atoms with van der Waals surface area (Å²) in [5.41, 5.74) is 4.05. The summed E-state index contributed by atoms with van der Waals surface area (Å²) in [4.78, 5) is 31.0. The Bertz CT molecular complexity index is 917. The van der Waals surface area contributed by atoms with Gasteiger partial charge in [0.25, 0.3) is 11.1 Å². The minimum atomic E-state index is -0.236. The van der Waals surface area contributed by atoms with Gasteiger partial charge in [-0.3, -0.25) is 14.5 Å². The molecule has 0 unspecified atom stereocenters. The molecule has 0 aliphatic carbocycles. The summed E-state index contributed by atoms with van der Waals surface area (Å²) in [6.07, 6.45) is 4.22. The zero-order valence-corrected chi connectivity index (χ0v) is 16.8. The van der Waals surface area contributed by atoms with Gasteiger partial charge in [0, 0.05) is 37.8 Å². The van der Waals surface area contributed by atoms with Crippen molar-refractivity contribution in [2.45, 2.75) is 27.2 Å². The van der Waals surface area contributed by atoms with Crippen LogP contribution >= 0.6 is 11.8 Å². The van der Waals surface area contributed by atoms with Crippen molar-refractivity contribution in [1.82, 2.24) is 14.5 Å². The molecule has 1 saturated heterocycles. The number of hydrogen-bond donors (Lipinski definition) is 0. The third-order valence-corrected chi connectivity index (χ3v) is 5.40. The topological polar surface area (TPSA) is 64.4 Å². The van der Waals surface area contributed by atoms with Gasteiger partial charge in [0.2, 0.25) is 0 Å². The Kier molecular flexibility index (Phi) is 5.82. The van der Waals surface area contributed by atoms with Crippen LogP contribution in [0.15, 0.2) is 29.3 Å². The first-order valence-corrected chi connectivity index (χ1v) is 9.60. The van der Waals surface area contributed by atoms with Crippen molar-refractivity contribution in [2.75, 3.05) is 20.3 Å². The van der Waals surface area contributed by atoms with Crippen LogP contribution in [0.2, 0.25) is 0 Å². The van der Waals surface area contributed by atoms with E-state index < -0.39 is 0 Å². The fourth-order valence-electron chi connectivity index (χ4n) is 3.13. The van der Waals surface area contributed by atoms with E-state index in [-0.39, 0.29) is 11.1 Å². The fraction of sp³-hybridized carbons (Fsp3) is 0.350. The minimum absolute atomic E-state index is 0.225. The third kappa shape index (κ3) is 3.99. The number of aryl methyl sites for hydroxylation is 2. The lowest BCUT2D eigenvalue weighted by atomic mass is 10.2. The van der Waals surface area contributed by atoms with Crippen molar-refractivity contribution >= 4 is 29.0 Å². The lowest BCUT2D eigenvalue weighted by Gasteiger charge is -2.11. The van der Waals surface area contributed by atoms with Gasteiger partial charge in [0.1, 0.15) is 5.82 Å². The molecule has 6 nitrogen and oxygen atoms in total. The smallest absolute Gasteiger partial charge is 0.293 e. The summed E-state index contributed by atoms with van der Waals surface area (Å²) in [7, 11) is 1.60. The number of imide groups is 1. The van der Waals surface area contributed by atoms with Crippen molar-refractivity contribution < 1.29 is 14.3 Å². The van der Waals surface area contributed by atoms with Crippen LogP contribution in [0, 0.1) is 20.8 Å². The second kappa shape index (κ2) is 8.10. The van der Waals surface area contributed by atoms with Gasteiger partial charge in [-0.25, -0.2) is 4.98 Å². The van der Waals surface area contributed by atoms with Crippen molar-refractivity contribution in [1.29, 1.82) is 0 Å². The van der Waals surface area contributed by atoms with Crippen molar-refractivity contribution in [2.24, 2.45) is 0 Å². The highest BCUT2D eigenvalue weighted by atomic mass is 32.2. The van der Waals surface area contributed by atoms with E-state index in [0.717, 1.165) is 40.1 Å². The van der Waals surface area contributed by atoms with E-state index in [9.17, 15) is 9.59 Å². The molecule has 0 bridgehead atoms. The number of thioether (sulfide) groups is 1. The number of amides is 2. The number of pyridine rings is 1. The molecule has 1 fully saturated rings. The maximum Gasteiger partial charge on any atom is 0.293 e. The van der Waals surface area contributed by atoms with E-state index >= 15 is 0 Å². The molecular weight excluding hydrogens is 362 g/mol. The van der Waals surface area contributed by atoms with Crippen LogP contribution in [0.5, 0.6) is 0 Å². The molecule has 2 amide bonds. The summed E-state index contributed by atoms with van der Waals surface area (Å²) >= 11 is 0.990. The number of aromatic nitrogens is 2. The first-order chi connectivity index (χ1) is 12.9. The molecule has 0 saturated carbocycles. The number of rotatable bonds is 6. The summed E-state index contributed by atoms with van der Waals surface area (Å²) in [5, 5.41) is -0.225. The molecule has 1 aliphatic heterocycles. The molecule has 0 radical (unpaired) electrons. The zero-order valence-electron chi connectivity index (χ0n) is 16.0. The van der Waals surface area contributed by atoms with Crippen molar-refractivity contribution in [3.05, 3.63) is 51.8 Å². The summed E-state index contributed by atoms with van der Waals surface area (Å²) in [6, 6.07) is 5.99. The molecule has 7 heteroatoms. The van der Waals surface area contributed by atoms with Crippen LogP contribution in [0.1, 0.15) is 28.9 Å². The Morgan fingerprint density at radius 1 is 1.22 bits per heavy atom. The molecule has 1 aliphatic rings. The zero-order chi connectivity index (χ0) is 19.6. The van der Waals surface area contributed by atoms with E-state index in [4.69, 9.17) is 4.74 Å². The molecule has 2 aromatic heterocycles. The number of ether oxygens (including phenoxy) is 1. The number of methoxy groups -OCH3 is 1. The molecule has 3 rings (SSSR count). The van der Waals surface area contributed by atoms with Gasteiger partial charge in [0.15, 0.2) is 0 Å². The quantitative estimate of drug-likeness (QED) is 0.558. The first-order valence-electron chi connectivity index (χ1n) is 8.78. The van der Waals surface area contributed by atoms with Crippen LogP contribution in [0.25, 0.3) is 11.9 Å². The molecular formula is C20H23N3O3S. The molecule has 3 heterocycles. The predicted molar refractivity (Wildman–Crippen MR) is 107 cm³/mol. The molecule has 0 aromatic carbocycles. The van der Waals surface area contributed by atoms with Crippen LogP contribution in [0.4, 0.5) is 4.79 Å². The normalized spacial score (nSPS) is 16.0. The average molecular weight is 385 g/mol. The van der Waals surface area contributed by atoms with E-state index in [2.05, 4.69) is 9.55 Å². The first kappa shape index (κ1) is 19.4. The number of nitrogens with zero attached hydrogens (tertiary/aromatic N) is 3. The van der Waals surface area contributed by atoms with Crippen LogP contribution in [-0.4, -0.2) is 45.9 Å². The Hall–Kier alpha value is -2.38.